The van der Waals surface area contributed by atoms with Crippen LogP contribution in [-0.4, -0.2) is 29.3 Å². The lowest BCUT2D eigenvalue weighted by molar-refractivity contribution is -0.192. The summed E-state index contributed by atoms with van der Waals surface area (Å²) in [5.41, 5.74) is 0.202. The fourth-order valence-electron chi connectivity index (χ4n) is 2.11. The van der Waals surface area contributed by atoms with E-state index in [0.29, 0.717) is 6.10 Å². The van der Waals surface area contributed by atoms with E-state index >= 15 is 0 Å². The minimum atomic E-state index is 0.202. The molecule has 0 N–H and O–H groups in total. The quantitative estimate of drug-likeness (QED) is 0.588. The van der Waals surface area contributed by atoms with Gasteiger partial charge in [0, 0.05) is 4.43 Å². The van der Waals surface area contributed by atoms with Crippen LogP contribution < -0.4 is 0 Å². The van der Waals surface area contributed by atoms with Crippen LogP contribution in [0.1, 0.15) is 32.1 Å². The molecule has 0 bridgehead atoms. The third-order valence-electron chi connectivity index (χ3n) is 3.03. The van der Waals surface area contributed by atoms with Crippen LogP contribution in [0.4, 0.5) is 0 Å². The summed E-state index contributed by atoms with van der Waals surface area (Å²) in [5, 5.41) is 0. The maximum Gasteiger partial charge on any atom is 0.105 e. The van der Waals surface area contributed by atoms with Crippen LogP contribution in [0.25, 0.3) is 0 Å². The summed E-state index contributed by atoms with van der Waals surface area (Å²) >= 11 is 2.47. The first-order chi connectivity index (χ1) is 6.35. The van der Waals surface area contributed by atoms with E-state index in [1.807, 2.05) is 0 Å². The Balaban J connectivity index is 1.88. The zero-order valence-corrected chi connectivity index (χ0v) is 10.1. The third-order valence-corrected chi connectivity index (χ3v) is 4.42. The zero-order valence-electron chi connectivity index (χ0n) is 7.93. The molecule has 1 heterocycles. The van der Waals surface area contributed by atoms with Crippen LogP contribution in [0.3, 0.4) is 0 Å². The van der Waals surface area contributed by atoms with Crippen molar-refractivity contribution in [1.82, 2.24) is 0 Å². The molecule has 0 aromatic rings. The van der Waals surface area contributed by atoms with Crippen molar-refractivity contribution in [2.75, 3.05) is 17.6 Å². The molecule has 76 valence electrons. The molecule has 0 atom stereocenters. The Labute approximate surface area is 93.5 Å². The predicted octanol–water partition coefficient (Wildman–Crippen LogP) is 2.54. The molecule has 0 aromatic heterocycles. The van der Waals surface area contributed by atoms with Crippen molar-refractivity contribution < 1.29 is 9.47 Å². The molecule has 3 heteroatoms. The predicted molar refractivity (Wildman–Crippen MR) is 60.4 cm³/mol. The highest BCUT2D eigenvalue weighted by molar-refractivity contribution is 14.1. The normalized spacial score (nSPS) is 28.4. The SMILES string of the molecule is ICC1(OC2COC2)CCCCC1. The molecule has 2 fully saturated rings. The van der Waals surface area contributed by atoms with Crippen molar-refractivity contribution in [1.29, 1.82) is 0 Å². The van der Waals surface area contributed by atoms with Crippen LogP contribution in [-0.2, 0) is 9.47 Å². The van der Waals surface area contributed by atoms with Gasteiger partial charge in [-0.1, -0.05) is 41.9 Å². The number of hydrogen-bond acceptors (Lipinski definition) is 2. The number of halogens is 1. The lowest BCUT2D eigenvalue weighted by Crippen LogP contribution is -2.47. The van der Waals surface area contributed by atoms with E-state index in [1.54, 1.807) is 0 Å². The van der Waals surface area contributed by atoms with E-state index in [-0.39, 0.29) is 5.60 Å². The molecule has 2 nitrogen and oxygen atoms in total. The molecule has 13 heavy (non-hydrogen) atoms. The van der Waals surface area contributed by atoms with Crippen molar-refractivity contribution >= 4 is 22.6 Å². The molecule has 0 radical (unpaired) electrons. The first-order valence-corrected chi connectivity index (χ1v) is 6.69. The number of ether oxygens (including phenoxy) is 2. The molecule has 0 spiro atoms. The number of hydrogen-bond donors (Lipinski definition) is 0. The van der Waals surface area contributed by atoms with Gasteiger partial charge in [-0.25, -0.2) is 0 Å². The number of alkyl halides is 1. The van der Waals surface area contributed by atoms with Crippen molar-refractivity contribution in [3.63, 3.8) is 0 Å². The fraction of sp³-hybridized carbons (Fsp3) is 1.00. The van der Waals surface area contributed by atoms with Gasteiger partial charge in [0.1, 0.15) is 6.10 Å². The summed E-state index contributed by atoms with van der Waals surface area (Å²) < 4.78 is 12.4. The summed E-state index contributed by atoms with van der Waals surface area (Å²) in [6, 6.07) is 0. The van der Waals surface area contributed by atoms with Gasteiger partial charge in [-0.3, -0.25) is 0 Å². The maximum absolute atomic E-state index is 6.13. The van der Waals surface area contributed by atoms with Gasteiger partial charge < -0.3 is 9.47 Å². The average molecular weight is 296 g/mol. The second-order valence-electron chi connectivity index (χ2n) is 4.15. The standard InChI is InChI=1S/C10H17IO2/c11-8-10(4-2-1-3-5-10)13-9-6-12-7-9/h9H,1-8H2. The summed E-state index contributed by atoms with van der Waals surface area (Å²) in [5.74, 6) is 0. The van der Waals surface area contributed by atoms with Gasteiger partial charge in [-0.2, -0.15) is 0 Å². The van der Waals surface area contributed by atoms with Gasteiger partial charge in [0.05, 0.1) is 18.8 Å². The van der Waals surface area contributed by atoms with Crippen LogP contribution in [0.2, 0.25) is 0 Å². The molecule has 0 aromatic carbocycles. The van der Waals surface area contributed by atoms with E-state index < -0.39 is 0 Å². The Morgan fingerprint density at radius 1 is 1.23 bits per heavy atom. The van der Waals surface area contributed by atoms with Crippen molar-refractivity contribution in [3.8, 4) is 0 Å². The second-order valence-corrected chi connectivity index (χ2v) is 4.92. The summed E-state index contributed by atoms with van der Waals surface area (Å²) in [6.07, 6.45) is 6.99. The van der Waals surface area contributed by atoms with Crippen molar-refractivity contribution in [2.24, 2.45) is 0 Å². The Bertz CT molecular complexity index is 162. The highest BCUT2D eigenvalue weighted by Crippen LogP contribution is 2.35. The Morgan fingerprint density at radius 2 is 1.92 bits per heavy atom. The Kier molecular flexibility index (Phi) is 3.48. The van der Waals surface area contributed by atoms with Gasteiger partial charge in [0.2, 0.25) is 0 Å². The van der Waals surface area contributed by atoms with Crippen LogP contribution in [0.15, 0.2) is 0 Å². The molecule has 2 aliphatic rings. The summed E-state index contributed by atoms with van der Waals surface area (Å²) in [7, 11) is 0. The Morgan fingerprint density at radius 3 is 2.38 bits per heavy atom. The van der Waals surface area contributed by atoms with E-state index in [2.05, 4.69) is 22.6 Å². The van der Waals surface area contributed by atoms with Crippen molar-refractivity contribution in [2.45, 2.75) is 43.8 Å². The molecular formula is C10H17IO2. The summed E-state index contributed by atoms with van der Waals surface area (Å²) in [4.78, 5) is 0. The van der Waals surface area contributed by atoms with E-state index in [9.17, 15) is 0 Å². The highest BCUT2D eigenvalue weighted by atomic mass is 127. The minimum Gasteiger partial charge on any atom is -0.376 e. The van der Waals surface area contributed by atoms with Crippen LogP contribution in [0, 0.1) is 0 Å². The molecule has 1 saturated carbocycles. The van der Waals surface area contributed by atoms with Gasteiger partial charge in [0.25, 0.3) is 0 Å². The lowest BCUT2D eigenvalue weighted by atomic mass is 9.86. The topological polar surface area (TPSA) is 18.5 Å². The van der Waals surface area contributed by atoms with Crippen molar-refractivity contribution in [3.05, 3.63) is 0 Å². The van der Waals surface area contributed by atoms with Crippen LogP contribution in [0.5, 0.6) is 0 Å². The average Bonchev–Trinajstić information content (AvgIpc) is 2.13. The first kappa shape index (κ1) is 10.2. The van der Waals surface area contributed by atoms with E-state index in [4.69, 9.17) is 9.47 Å². The molecule has 1 saturated heterocycles. The monoisotopic (exact) mass is 296 g/mol. The summed E-state index contributed by atoms with van der Waals surface area (Å²) in [6.45, 7) is 1.64. The van der Waals surface area contributed by atoms with Crippen LogP contribution >= 0.6 is 22.6 Å². The van der Waals surface area contributed by atoms with Gasteiger partial charge in [0.15, 0.2) is 0 Å². The lowest BCUT2D eigenvalue weighted by Gasteiger charge is -2.41. The van der Waals surface area contributed by atoms with E-state index in [1.165, 1.54) is 32.1 Å². The first-order valence-electron chi connectivity index (χ1n) is 5.16. The highest BCUT2D eigenvalue weighted by Gasteiger charge is 2.36. The minimum absolute atomic E-state index is 0.202. The fourth-order valence-corrected chi connectivity index (χ4v) is 3.06. The molecule has 0 amide bonds. The smallest absolute Gasteiger partial charge is 0.105 e. The maximum atomic E-state index is 6.13. The molecular weight excluding hydrogens is 279 g/mol. The largest absolute Gasteiger partial charge is 0.376 e. The third kappa shape index (κ3) is 2.36. The molecule has 1 aliphatic heterocycles. The van der Waals surface area contributed by atoms with Gasteiger partial charge >= 0.3 is 0 Å². The van der Waals surface area contributed by atoms with E-state index in [0.717, 1.165) is 17.6 Å². The Hall–Kier alpha value is 0.650. The molecule has 0 unspecified atom stereocenters. The van der Waals surface area contributed by atoms with Gasteiger partial charge in [-0.15, -0.1) is 0 Å². The molecule has 1 aliphatic carbocycles. The van der Waals surface area contributed by atoms with Gasteiger partial charge in [-0.05, 0) is 12.8 Å². The zero-order chi connectivity index (χ0) is 9.15. The number of rotatable bonds is 3. The molecule has 2 rings (SSSR count). The second kappa shape index (κ2) is 4.45.